The average molecular weight is 625 g/mol. The Kier molecular flexibility index (Phi) is 14.5. The predicted octanol–water partition coefficient (Wildman–Crippen LogP) is -6.36. The van der Waals surface area contributed by atoms with Gasteiger partial charge in [-0.25, -0.2) is 0 Å². The molecular weight excluding hydrogens is 572 g/mol. The number of carbonyl (C=O) groups is 1. The Morgan fingerprint density at radius 2 is 1.58 bits per heavy atom. The van der Waals surface area contributed by atoms with E-state index in [1.807, 2.05) is 0 Å². The third-order valence-electron chi connectivity index (χ3n) is 8.51. The maximum atomic E-state index is 12.8. The summed E-state index contributed by atoms with van der Waals surface area (Å²) in [6.07, 6.45) is -12.6. The van der Waals surface area contributed by atoms with Gasteiger partial charge < -0.3 is 83.6 Å². The molecule has 3 aliphatic rings. The fourth-order valence-electron chi connectivity index (χ4n) is 5.95. The van der Waals surface area contributed by atoms with Crippen LogP contribution >= 0.6 is 0 Å². The molecule has 1 aliphatic carbocycles. The van der Waals surface area contributed by atoms with Crippen LogP contribution in [0, 0.1) is 5.92 Å². The van der Waals surface area contributed by atoms with Crippen molar-refractivity contribution in [1.29, 1.82) is 0 Å². The second-order valence-electron chi connectivity index (χ2n) is 11.7. The van der Waals surface area contributed by atoms with E-state index in [2.05, 4.69) is 5.32 Å². The second-order valence-corrected chi connectivity index (χ2v) is 11.7. The number of hydrogen-bond donors (Lipinski definition) is 12. The van der Waals surface area contributed by atoms with Crippen LogP contribution in [0.1, 0.15) is 32.1 Å². The highest BCUT2D eigenvalue weighted by Crippen LogP contribution is 2.36. The third kappa shape index (κ3) is 9.07. The van der Waals surface area contributed by atoms with Crippen molar-refractivity contribution in [3.63, 3.8) is 0 Å². The Labute approximate surface area is 250 Å². The zero-order valence-electron chi connectivity index (χ0n) is 24.3. The highest BCUT2D eigenvalue weighted by Gasteiger charge is 2.51. The largest absolute Gasteiger partial charge is 0.394 e. The van der Waals surface area contributed by atoms with E-state index in [-0.39, 0.29) is 38.8 Å². The first-order chi connectivity index (χ1) is 20.5. The van der Waals surface area contributed by atoms with Crippen LogP contribution in [0.4, 0.5) is 0 Å². The summed E-state index contributed by atoms with van der Waals surface area (Å²) < 4.78 is 23.8. The first-order valence-electron chi connectivity index (χ1n) is 15.0. The van der Waals surface area contributed by atoms with Gasteiger partial charge >= 0.3 is 0 Å². The molecule has 17 heteroatoms. The van der Waals surface area contributed by atoms with Crippen molar-refractivity contribution < 1.29 is 54.4 Å². The molecule has 3 fully saturated rings. The van der Waals surface area contributed by atoms with Crippen LogP contribution < -0.4 is 34.0 Å². The van der Waals surface area contributed by atoms with Gasteiger partial charge in [-0.2, -0.15) is 0 Å². The van der Waals surface area contributed by atoms with Gasteiger partial charge in [0.05, 0.1) is 37.0 Å². The topological polar surface area (TPSA) is 317 Å². The van der Waals surface area contributed by atoms with E-state index >= 15 is 0 Å². The molecule has 43 heavy (non-hydrogen) atoms. The van der Waals surface area contributed by atoms with Crippen LogP contribution in [0.5, 0.6) is 0 Å². The summed E-state index contributed by atoms with van der Waals surface area (Å²) in [5, 5.41) is 66.2. The molecule has 0 aromatic rings. The number of aliphatic hydroxyl groups excluding tert-OH is 6. The lowest BCUT2D eigenvalue weighted by Crippen LogP contribution is -2.66. The zero-order chi connectivity index (χ0) is 31.8. The maximum Gasteiger partial charge on any atom is 0.186 e. The molecular formula is C26H52N6O11. The second kappa shape index (κ2) is 17.1. The van der Waals surface area contributed by atoms with E-state index in [0.717, 1.165) is 0 Å². The van der Waals surface area contributed by atoms with Crippen molar-refractivity contribution in [2.24, 2.45) is 34.6 Å². The van der Waals surface area contributed by atoms with Crippen molar-refractivity contribution in [2.75, 3.05) is 32.8 Å². The molecule has 1 saturated carbocycles. The maximum absolute atomic E-state index is 12.8. The molecule has 2 saturated heterocycles. The van der Waals surface area contributed by atoms with Crippen molar-refractivity contribution in [3.8, 4) is 0 Å². The molecule has 3 rings (SSSR count). The number of nitrogens with two attached hydrogens (primary N) is 5. The fourth-order valence-corrected chi connectivity index (χ4v) is 5.95. The number of ketones is 1. The summed E-state index contributed by atoms with van der Waals surface area (Å²) in [4.78, 5) is 12.8. The van der Waals surface area contributed by atoms with Crippen molar-refractivity contribution >= 4 is 5.78 Å². The van der Waals surface area contributed by atoms with E-state index in [9.17, 15) is 35.4 Å². The summed E-state index contributed by atoms with van der Waals surface area (Å²) in [5.74, 6) is -1.30. The van der Waals surface area contributed by atoms with Crippen molar-refractivity contribution in [2.45, 2.75) is 118 Å². The molecule has 0 aromatic heterocycles. The lowest BCUT2D eigenvalue weighted by Gasteiger charge is -2.49. The number of rotatable bonds is 15. The van der Waals surface area contributed by atoms with Gasteiger partial charge in [-0.1, -0.05) is 0 Å². The van der Waals surface area contributed by atoms with E-state index in [1.54, 1.807) is 0 Å². The summed E-state index contributed by atoms with van der Waals surface area (Å²) >= 11 is 0. The molecule has 17 N–H and O–H groups in total. The number of carbonyl (C=O) groups excluding carboxylic acids is 1. The Hall–Kier alpha value is -0.970. The van der Waals surface area contributed by atoms with E-state index in [1.165, 1.54) is 0 Å². The Morgan fingerprint density at radius 3 is 2.21 bits per heavy atom. The molecule has 0 radical (unpaired) electrons. The predicted molar refractivity (Wildman–Crippen MR) is 151 cm³/mol. The highest BCUT2D eigenvalue weighted by atomic mass is 16.7. The fraction of sp³-hybridized carbons (Fsp3) is 0.962. The quantitative estimate of drug-likeness (QED) is 0.0753. The summed E-state index contributed by atoms with van der Waals surface area (Å²) in [7, 11) is 0. The minimum atomic E-state index is -1.55. The van der Waals surface area contributed by atoms with Gasteiger partial charge in [0.1, 0.15) is 36.6 Å². The molecule has 252 valence electrons. The van der Waals surface area contributed by atoms with Gasteiger partial charge in [0.15, 0.2) is 18.4 Å². The van der Waals surface area contributed by atoms with E-state index in [4.69, 9.17) is 47.6 Å². The molecule has 2 aliphatic heterocycles. The number of aliphatic hydroxyl groups is 6. The summed E-state index contributed by atoms with van der Waals surface area (Å²) in [6, 6.07) is -2.57. The van der Waals surface area contributed by atoms with Crippen LogP contribution in [0.3, 0.4) is 0 Å². The molecule has 2 heterocycles. The van der Waals surface area contributed by atoms with Gasteiger partial charge in [-0.3, -0.25) is 4.79 Å². The summed E-state index contributed by atoms with van der Waals surface area (Å²) in [6.45, 7) is 0.439. The van der Waals surface area contributed by atoms with Gasteiger partial charge in [-0.15, -0.1) is 0 Å². The van der Waals surface area contributed by atoms with Crippen molar-refractivity contribution in [1.82, 2.24) is 5.32 Å². The molecule has 0 aromatic carbocycles. The zero-order valence-corrected chi connectivity index (χ0v) is 24.3. The number of Topliss-reactive ketones (excluding diaryl/α,β-unsaturated/α-hetero) is 1. The van der Waals surface area contributed by atoms with Gasteiger partial charge in [0, 0.05) is 19.0 Å². The molecule has 17 nitrogen and oxygen atoms in total. The van der Waals surface area contributed by atoms with Gasteiger partial charge in [0.2, 0.25) is 0 Å². The molecule has 0 unspecified atom stereocenters. The first kappa shape index (κ1) is 36.5. The smallest absolute Gasteiger partial charge is 0.186 e. The van der Waals surface area contributed by atoms with Gasteiger partial charge in [0.25, 0.3) is 0 Å². The lowest BCUT2D eigenvalue weighted by molar-refractivity contribution is -0.320. The first-order valence-corrected chi connectivity index (χ1v) is 15.0. The SMILES string of the molecule is NCCCN[C@@H]1C[C@H](O)[C@@H](CN)O[C@@H]1O[C@H]1[C@H](O)[C@@H](O[C@H]2O[C@H](CO)[C@@H](O)[C@H](N)[C@H]2O)[C@H](CC(=O)[C@@H](O)CCN)C[C@@H]1N. The van der Waals surface area contributed by atoms with Crippen LogP contribution in [0.25, 0.3) is 0 Å². The standard InChI is InChI=1S/C26H52N6O11/c27-3-1-5-32-13-8-16(36)17(9-29)40-25(13)43-24-12(30)6-11(7-15(35)14(34)2-4-28)23(22(24)39)42-26-21(38)19(31)20(37)18(10-33)41-26/h11-14,16-26,32-34,36-39H,1-10,27-31H2/t11-,12-,13+,14-,16-,17+,18+,19-,20+,21+,22+,23-,24+,25+,26+/m0/s1. The number of ether oxygens (including phenoxy) is 4. The van der Waals surface area contributed by atoms with Crippen LogP contribution in [0.15, 0.2) is 0 Å². The lowest BCUT2D eigenvalue weighted by atomic mass is 9.76. The van der Waals surface area contributed by atoms with E-state index in [0.29, 0.717) is 19.5 Å². The normalized spacial score (nSPS) is 43.0. The molecule has 0 spiro atoms. The minimum absolute atomic E-state index is 0.0197. The number of nitrogens with one attached hydrogen (secondary N) is 1. The number of hydrogen-bond acceptors (Lipinski definition) is 17. The molecule has 0 amide bonds. The minimum Gasteiger partial charge on any atom is -0.394 e. The summed E-state index contributed by atoms with van der Waals surface area (Å²) in [5.41, 5.74) is 29.3. The highest BCUT2D eigenvalue weighted by molar-refractivity contribution is 5.83. The van der Waals surface area contributed by atoms with Crippen LogP contribution in [-0.2, 0) is 23.7 Å². The van der Waals surface area contributed by atoms with Crippen LogP contribution in [0.2, 0.25) is 0 Å². The third-order valence-corrected chi connectivity index (χ3v) is 8.51. The Bertz CT molecular complexity index is 849. The van der Waals surface area contributed by atoms with Crippen molar-refractivity contribution in [3.05, 3.63) is 0 Å². The average Bonchev–Trinajstić information content (AvgIpc) is 2.98. The monoisotopic (exact) mass is 624 g/mol. The molecule has 15 atom stereocenters. The Balaban J connectivity index is 1.85. The van der Waals surface area contributed by atoms with Gasteiger partial charge in [-0.05, 0) is 51.2 Å². The molecule has 0 bridgehead atoms. The van der Waals surface area contributed by atoms with Crippen LogP contribution in [-0.4, -0.2) is 155 Å². The van der Waals surface area contributed by atoms with E-state index < -0.39 is 104 Å². The Morgan fingerprint density at radius 1 is 0.907 bits per heavy atom.